The third-order valence-corrected chi connectivity index (χ3v) is 11.0. The fourth-order valence-electron chi connectivity index (χ4n) is 2.58. The van der Waals surface area contributed by atoms with Gasteiger partial charge in [-0.15, -0.1) is 6.61 Å². The van der Waals surface area contributed by atoms with Crippen molar-refractivity contribution in [3.8, 4) is 0 Å². The van der Waals surface area contributed by atoms with E-state index in [1.165, 1.54) is 22.5 Å². The van der Waals surface area contributed by atoms with E-state index in [0.717, 1.165) is 0 Å². The van der Waals surface area contributed by atoms with E-state index in [9.17, 15) is 0 Å². The Labute approximate surface area is 136 Å². The Morgan fingerprint density at radius 3 is 1.90 bits per heavy atom. The van der Waals surface area contributed by atoms with Crippen LogP contribution in [-0.4, -0.2) is 6.61 Å². The van der Waals surface area contributed by atoms with E-state index in [4.69, 9.17) is 5.11 Å². The van der Waals surface area contributed by atoms with Gasteiger partial charge in [-0.2, -0.15) is 0 Å². The molecule has 0 aromatic heterocycles. The summed E-state index contributed by atoms with van der Waals surface area (Å²) in [5, 5.41) is 8.93. The second-order valence-electron chi connectivity index (χ2n) is 5.08. The minimum atomic E-state index is -1.61. The van der Waals surface area contributed by atoms with Gasteiger partial charge in [0.05, 0.1) is 0 Å². The molecule has 0 N–H and O–H groups in total. The molecule has 0 saturated heterocycles. The molecule has 0 heterocycles. The third-order valence-electron chi connectivity index (χ3n) is 3.54. The summed E-state index contributed by atoms with van der Waals surface area (Å²) >= 11 is -1.61. The van der Waals surface area contributed by atoms with Crippen molar-refractivity contribution in [2.75, 3.05) is 6.61 Å². The van der Waals surface area contributed by atoms with Gasteiger partial charge >= 0.3 is 118 Å². The quantitative estimate of drug-likeness (QED) is 0.802. The predicted octanol–water partition coefficient (Wildman–Crippen LogP) is 3.86. The minimum absolute atomic E-state index is 0. The van der Waals surface area contributed by atoms with Gasteiger partial charge in [0, 0.05) is 0 Å². The molecular weight excluding hydrogens is 335 g/mol. The zero-order valence-electron chi connectivity index (χ0n) is 12.6. The zero-order valence-corrected chi connectivity index (χ0v) is 15.0. The molecule has 1 aromatic rings. The molecule has 0 saturated carbocycles. The Morgan fingerprint density at radius 1 is 0.952 bits per heavy atom. The molecular formula is C19H22OZr. The molecule has 0 aliphatic heterocycles. The van der Waals surface area contributed by atoms with Crippen molar-refractivity contribution in [3.05, 3.63) is 78.9 Å². The first-order valence-electron chi connectivity index (χ1n) is 7.55. The van der Waals surface area contributed by atoms with Gasteiger partial charge < -0.3 is 5.11 Å². The van der Waals surface area contributed by atoms with E-state index >= 15 is 0 Å². The smallest absolute Gasteiger partial charge is 0.0809 e. The summed E-state index contributed by atoms with van der Waals surface area (Å²) in [6.07, 6.45) is 16.3. The molecule has 2 aliphatic rings. The average Bonchev–Trinajstić information content (AvgIpc) is 3.20. The normalized spacial score (nSPS) is 15.3. The van der Waals surface area contributed by atoms with Crippen LogP contribution in [0.1, 0.15) is 25.3 Å². The molecule has 108 valence electrons. The van der Waals surface area contributed by atoms with Gasteiger partial charge in [0.1, 0.15) is 0 Å². The van der Waals surface area contributed by atoms with Gasteiger partial charge in [0.2, 0.25) is 0 Å². The van der Waals surface area contributed by atoms with Gasteiger partial charge in [-0.3, -0.25) is 0 Å². The molecule has 0 spiro atoms. The summed E-state index contributed by atoms with van der Waals surface area (Å²) in [5.74, 6) is 0. The van der Waals surface area contributed by atoms with E-state index in [1.807, 2.05) is 0 Å². The summed E-state index contributed by atoms with van der Waals surface area (Å²) in [7, 11) is 0. The van der Waals surface area contributed by atoms with Crippen LogP contribution in [0.3, 0.4) is 0 Å². The SMILES string of the molecule is C1=CC[C]([Zr+]([CH2]c2ccccc2)[C]2=CC=CC2)=C1.CC[O-]. The molecule has 0 unspecified atom stereocenters. The summed E-state index contributed by atoms with van der Waals surface area (Å²) in [6.45, 7) is 1.57. The average molecular weight is 358 g/mol. The molecule has 0 amide bonds. The van der Waals surface area contributed by atoms with Crippen LogP contribution in [-0.2, 0) is 25.9 Å². The molecule has 0 fully saturated rings. The topological polar surface area (TPSA) is 23.1 Å². The third kappa shape index (κ3) is 5.06. The Kier molecular flexibility index (Phi) is 7.12. The Morgan fingerprint density at radius 2 is 1.48 bits per heavy atom. The number of benzene rings is 1. The van der Waals surface area contributed by atoms with Gasteiger partial charge in [0.15, 0.2) is 0 Å². The van der Waals surface area contributed by atoms with Gasteiger partial charge in [-0.25, -0.2) is 0 Å². The fourth-order valence-corrected chi connectivity index (χ4v) is 9.54. The van der Waals surface area contributed by atoms with Crippen LogP contribution in [0.5, 0.6) is 0 Å². The molecule has 2 aliphatic carbocycles. The van der Waals surface area contributed by atoms with Crippen molar-refractivity contribution >= 4 is 0 Å². The first kappa shape index (κ1) is 16.4. The second-order valence-corrected chi connectivity index (χ2v) is 11.5. The van der Waals surface area contributed by atoms with Gasteiger partial charge in [-0.05, 0) is 0 Å². The van der Waals surface area contributed by atoms with Crippen LogP contribution in [0.2, 0.25) is 0 Å². The van der Waals surface area contributed by atoms with E-state index in [0.29, 0.717) is 0 Å². The molecule has 0 bridgehead atoms. The van der Waals surface area contributed by atoms with Crippen LogP contribution in [0.25, 0.3) is 0 Å². The molecule has 1 aromatic carbocycles. The number of hydrogen-bond acceptors (Lipinski definition) is 1. The first-order chi connectivity index (χ1) is 10.3. The van der Waals surface area contributed by atoms with E-state index in [-0.39, 0.29) is 6.61 Å². The van der Waals surface area contributed by atoms with Crippen molar-refractivity contribution in [1.82, 2.24) is 0 Å². The maximum absolute atomic E-state index is 8.93. The van der Waals surface area contributed by atoms with Crippen LogP contribution < -0.4 is 5.11 Å². The summed E-state index contributed by atoms with van der Waals surface area (Å²) in [6, 6.07) is 11.0. The standard InChI is InChI=1S/C7H7.2C5H5.C2H5O.Zr/c1-7-5-3-2-4-6-7;2*1-2-4-5-3-1;1-2-3;/h2-6H,1H2;2*1-3H,4H2;2H2,1H3;/q;;;-1;+1. The van der Waals surface area contributed by atoms with Crippen LogP contribution in [0.4, 0.5) is 0 Å². The van der Waals surface area contributed by atoms with Crippen molar-refractivity contribution in [2.24, 2.45) is 0 Å². The zero-order chi connectivity index (χ0) is 14.9. The summed E-state index contributed by atoms with van der Waals surface area (Å²) in [4.78, 5) is 0. The van der Waals surface area contributed by atoms with Crippen molar-refractivity contribution < 1.29 is 26.9 Å². The predicted molar refractivity (Wildman–Crippen MR) is 84.4 cm³/mol. The van der Waals surface area contributed by atoms with Crippen molar-refractivity contribution in [1.29, 1.82) is 0 Å². The van der Waals surface area contributed by atoms with Crippen LogP contribution >= 0.6 is 0 Å². The first-order valence-corrected chi connectivity index (χ1v) is 11.7. The van der Waals surface area contributed by atoms with Crippen molar-refractivity contribution in [3.63, 3.8) is 0 Å². The molecule has 0 atom stereocenters. The molecule has 3 rings (SSSR count). The summed E-state index contributed by atoms with van der Waals surface area (Å²) < 4.78 is 4.84. The molecule has 21 heavy (non-hydrogen) atoms. The van der Waals surface area contributed by atoms with Crippen LogP contribution in [0, 0.1) is 0 Å². The van der Waals surface area contributed by atoms with Crippen LogP contribution in [0.15, 0.2) is 73.3 Å². The fraction of sp³-hybridized carbons (Fsp3) is 0.263. The molecule has 1 nitrogen and oxygen atoms in total. The Hall–Kier alpha value is -0.977. The van der Waals surface area contributed by atoms with E-state index in [2.05, 4.69) is 66.8 Å². The van der Waals surface area contributed by atoms with Gasteiger partial charge in [-0.1, -0.05) is 6.92 Å². The second kappa shape index (κ2) is 9.12. The largest absolute Gasteiger partial charge is 0.855 e. The number of allylic oxidation sites excluding steroid dienone is 8. The van der Waals surface area contributed by atoms with Gasteiger partial charge in [0.25, 0.3) is 0 Å². The van der Waals surface area contributed by atoms with Crippen molar-refractivity contribution in [2.45, 2.75) is 23.9 Å². The maximum atomic E-state index is 8.93. The maximum Gasteiger partial charge on any atom is -0.0809 e. The van der Waals surface area contributed by atoms with E-state index in [1.54, 1.807) is 13.5 Å². The molecule has 2 heteroatoms. The minimum Gasteiger partial charge on any atom is -0.855 e. The Bertz CT molecular complexity index is 522. The van der Waals surface area contributed by atoms with E-state index < -0.39 is 21.8 Å². The monoisotopic (exact) mass is 356 g/mol. The summed E-state index contributed by atoms with van der Waals surface area (Å²) in [5.41, 5.74) is 1.52. The molecule has 0 radical (unpaired) electrons. The Balaban J connectivity index is 0.000000497. The number of hydrogen-bond donors (Lipinski definition) is 0. The number of rotatable bonds is 4.